The predicted octanol–water partition coefficient (Wildman–Crippen LogP) is 3.71. The van der Waals surface area contributed by atoms with Crippen LogP contribution >= 0.6 is 0 Å². The number of anilines is 1. The van der Waals surface area contributed by atoms with Gasteiger partial charge in [-0.15, -0.1) is 0 Å². The van der Waals surface area contributed by atoms with Crippen molar-refractivity contribution in [1.29, 1.82) is 0 Å². The fraction of sp³-hybridized carbons (Fsp3) is 0.375. The first-order valence-corrected chi connectivity index (χ1v) is 10.3. The van der Waals surface area contributed by atoms with Gasteiger partial charge in [0.05, 0.1) is 0 Å². The van der Waals surface area contributed by atoms with Gasteiger partial charge in [0.2, 0.25) is 5.91 Å². The van der Waals surface area contributed by atoms with Crippen LogP contribution in [0.4, 0.5) is 10.5 Å². The number of hydrogen-bond acceptors (Lipinski definition) is 3. The second-order valence-corrected chi connectivity index (χ2v) is 9.08. The minimum absolute atomic E-state index is 0.152. The molecular formula is C24H27N3O3. The van der Waals surface area contributed by atoms with Crippen molar-refractivity contribution in [2.75, 3.05) is 11.9 Å². The maximum atomic E-state index is 13.3. The molecule has 6 nitrogen and oxygen atoms in total. The highest BCUT2D eigenvalue weighted by molar-refractivity contribution is 6.10. The highest BCUT2D eigenvalue weighted by Crippen LogP contribution is 2.39. The van der Waals surface area contributed by atoms with E-state index in [2.05, 4.69) is 31.4 Å². The van der Waals surface area contributed by atoms with Gasteiger partial charge in [0.25, 0.3) is 5.91 Å². The third kappa shape index (κ3) is 3.36. The van der Waals surface area contributed by atoms with Gasteiger partial charge in [-0.1, -0.05) is 63.2 Å². The molecule has 1 spiro atoms. The number of hydrogen-bond donors (Lipinski definition) is 2. The molecule has 1 aliphatic heterocycles. The number of urea groups is 1. The number of rotatable bonds is 3. The van der Waals surface area contributed by atoms with E-state index in [1.54, 1.807) is 0 Å². The summed E-state index contributed by atoms with van der Waals surface area (Å²) >= 11 is 0. The molecule has 1 saturated heterocycles. The van der Waals surface area contributed by atoms with Gasteiger partial charge < -0.3 is 10.6 Å². The number of para-hydroxylation sites is 1. The van der Waals surface area contributed by atoms with E-state index in [9.17, 15) is 14.4 Å². The molecule has 4 rings (SSSR count). The highest BCUT2D eigenvalue weighted by Gasteiger charge is 2.54. The lowest BCUT2D eigenvalue weighted by molar-refractivity contribution is -0.134. The number of aryl methyl sites for hydroxylation is 1. The van der Waals surface area contributed by atoms with Gasteiger partial charge in [0, 0.05) is 5.69 Å². The molecule has 2 aromatic rings. The molecule has 2 N–H and O–H groups in total. The monoisotopic (exact) mass is 405 g/mol. The minimum Gasteiger partial charge on any atom is -0.324 e. The quantitative estimate of drug-likeness (QED) is 0.764. The maximum absolute atomic E-state index is 13.3. The van der Waals surface area contributed by atoms with Crippen LogP contribution in [-0.2, 0) is 27.0 Å². The van der Waals surface area contributed by atoms with Crippen LogP contribution in [0.1, 0.15) is 50.3 Å². The van der Waals surface area contributed by atoms with E-state index >= 15 is 0 Å². The van der Waals surface area contributed by atoms with Crippen molar-refractivity contribution in [2.24, 2.45) is 0 Å². The van der Waals surface area contributed by atoms with E-state index in [0.29, 0.717) is 12.1 Å². The summed E-state index contributed by atoms with van der Waals surface area (Å²) in [6, 6.07) is 14.8. The fourth-order valence-corrected chi connectivity index (χ4v) is 4.53. The van der Waals surface area contributed by atoms with Crippen molar-refractivity contribution < 1.29 is 14.4 Å². The number of nitrogens with zero attached hydrogens (tertiary/aromatic N) is 1. The van der Waals surface area contributed by atoms with Crippen LogP contribution in [0.25, 0.3) is 0 Å². The second-order valence-electron chi connectivity index (χ2n) is 9.08. The Morgan fingerprint density at radius 1 is 1.10 bits per heavy atom. The van der Waals surface area contributed by atoms with Gasteiger partial charge in [-0.3, -0.25) is 14.5 Å². The molecule has 1 unspecified atom stereocenters. The lowest BCUT2D eigenvalue weighted by Gasteiger charge is -2.33. The number of nitrogens with one attached hydrogen (secondary N) is 2. The summed E-state index contributed by atoms with van der Waals surface area (Å²) in [6.07, 6.45) is 2.23. The van der Waals surface area contributed by atoms with Crippen molar-refractivity contribution >= 4 is 23.5 Å². The van der Waals surface area contributed by atoms with Crippen LogP contribution < -0.4 is 10.6 Å². The molecule has 1 atom stereocenters. The summed E-state index contributed by atoms with van der Waals surface area (Å²) in [5.74, 6) is -0.741. The molecule has 0 saturated carbocycles. The van der Waals surface area contributed by atoms with E-state index in [1.807, 2.05) is 48.5 Å². The molecule has 0 aromatic heterocycles. The second kappa shape index (κ2) is 7.27. The van der Waals surface area contributed by atoms with Crippen molar-refractivity contribution in [3.8, 4) is 0 Å². The van der Waals surface area contributed by atoms with Crippen molar-refractivity contribution in [3.63, 3.8) is 0 Å². The molecule has 156 valence electrons. The first-order chi connectivity index (χ1) is 14.2. The molecular weight excluding hydrogens is 378 g/mol. The molecule has 1 aliphatic carbocycles. The fourth-order valence-electron chi connectivity index (χ4n) is 4.53. The Bertz CT molecular complexity index is 1020. The standard InChI is InChI=1S/C24H27N3O3/c1-23(2,3)18-12-6-7-13-19(18)25-20(28)15-27-21(29)24(26-22(27)30)14-8-10-16-9-4-5-11-17(16)24/h4-7,9,11-13H,8,10,14-15H2,1-3H3,(H,25,28)(H,26,30). The Morgan fingerprint density at radius 3 is 2.57 bits per heavy atom. The molecule has 30 heavy (non-hydrogen) atoms. The summed E-state index contributed by atoms with van der Waals surface area (Å²) in [5.41, 5.74) is 2.39. The van der Waals surface area contributed by atoms with Gasteiger partial charge in [0.15, 0.2) is 0 Å². The number of amides is 4. The van der Waals surface area contributed by atoms with E-state index in [-0.39, 0.29) is 17.9 Å². The van der Waals surface area contributed by atoms with Crippen molar-refractivity contribution in [3.05, 3.63) is 65.2 Å². The van der Waals surface area contributed by atoms with Gasteiger partial charge in [-0.2, -0.15) is 0 Å². The van der Waals surface area contributed by atoms with E-state index in [0.717, 1.165) is 34.4 Å². The number of benzene rings is 2. The number of carbonyl (C=O) groups excluding carboxylic acids is 3. The maximum Gasteiger partial charge on any atom is 0.325 e. The van der Waals surface area contributed by atoms with Crippen LogP contribution in [0.3, 0.4) is 0 Å². The average molecular weight is 405 g/mol. The largest absolute Gasteiger partial charge is 0.325 e. The third-order valence-corrected chi connectivity index (χ3v) is 5.96. The van der Waals surface area contributed by atoms with Crippen LogP contribution in [0.2, 0.25) is 0 Å². The summed E-state index contributed by atoms with van der Waals surface area (Å²) in [6.45, 7) is 5.90. The SMILES string of the molecule is CC(C)(C)c1ccccc1NC(=O)CN1C(=O)NC2(CCCc3ccccc32)C1=O. The van der Waals surface area contributed by atoms with Crippen molar-refractivity contribution in [2.45, 2.75) is 51.0 Å². The number of fused-ring (bicyclic) bond motifs is 2. The van der Waals surface area contributed by atoms with Crippen LogP contribution in [0.15, 0.2) is 48.5 Å². The zero-order valence-electron chi connectivity index (χ0n) is 17.6. The first kappa shape index (κ1) is 20.1. The summed E-state index contributed by atoms with van der Waals surface area (Å²) < 4.78 is 0. The molecule has 1 fully saturated rings. The number of carbonyl (C=O) groups is 3. The third-order valence-electron chi connectivity index (χ3n) is 5.96. The Balaban J connectivity index is 1.55. The lowest BCUT2D eigenvalue weighted by atomic mass is 9.76. The van der Waals surface area contributed by atoms with E-state index in [1.165, 1.54) is 0 Å². The normalized spacial score (nSPS) is 20.8. The Morgan fingerprint density at radius 2 is 1.80 bits per heavy atom. The molecule has 1 heterocycles. The van der Waals surface area contributed by atoms with Gasteiger partial charge in [-0.05, 0) is 47.4 Å². The van der Waals surface area contributed by atoms with Crippen LogP contribution in [-0.4, -0.2) is 29.3 Å². The summed E-state index contributed by atoms with van der Waals surface area (Å²) in [5, 5.41) is 5.77. The topological polar surface area (TPSA) is 78.5 Å². The van der Waals surface area contributed by atoms with Gasteiger partial charge >= 0.3 is 6.03 Å². The summed E-state index contributed by atoms with van der Waals surface area (Å²) in [7, 11) is 0. The van der Waals surface area contributed by atoms with E-state index in [4.69, 9.17) is 0 Å². The smallest absolute Gasteiger partial charge is 0.324 e. The molecule has 2 aliphatic rings. The molecule has 2 aromatic carbocycles. The number of imide groups is 1. The van der Waals surface area contributed by atoms with Crippen molar-refractivity contribution in [1.82, 2.24) is 10.2 Å². The zero-order chi connectivity index (χ0) is 21.5. The molecule has 6 heteroatoms. The Kier molecular flexibility index (Phi) is 4.88. The Labute approximate surface area is 176 Å². The summed E-state index contributed by atoms with van der Waals surface area (Å²) in [4.78, 5) is 39.8. The lowest BCUT2D eigenvalue weighted by Crippen LogP contribution is -2.47. The molecule has 0 bridgehead atoms. The minimum atomic E-state index is -1.06. The zero-order valence-corrected chi connectivity index (χ0v) is 17.6. The first-order valence-electron chi connectivity index (χ1n) is 10.3. The molecule has 0 radical (unpaired) electrons. The average Bonchev–Trinajstić information content (AvgIpc) is 2.93. The Hall–Kier alpha value is -3.15. The molecule has 4 amide bonds. The van der Waals surface area contributed by atoms with Gasteiger partial charge in [-0.25, -0.2) is 4.79 Å². The van der Waals surface area contributed by atoms with E-state index < -0.39 is 17.5 Å². The highest BCUT2D eigenvalue weighted by atomic mass is 16.2. The van der Waals surface area contributed by atoms with Crippen LogP contribution in [0, 0.1) is 0 Å². The predicted molar refractivity (Wildman–Crippen MR) is 115 cm³/mol. The van der Waals surface area contributed by atoms with Gasteiger partial charge in [0.1, 0.15) is 12.1 Å². The van der Waals surface area contributed by atoms with Crippen LogP contribution in [0.5, 0.6) is 0 Å².